The van der Waals surface area contributed by atoms with Crippen molar-refractivity contribution in [2.75, 3.05) is 39.3 Å². The largest absolute Gasteiger partial charge is 0.481 e. The lowest BCUT2D eigenvalue weighted by Crippen LogP contribution is -2.39. The van der Waals surface area contributed by atoms with Crippen LogP contribution in [0.25, 0.3) is 22.5 Å². The highest BCUT2D eigenvalue weighted by Gasteiger charge is 2.39. The van der Waals surface area contributed by atoms with Crippen molar-refractivity contribution in [3.05, 3.63) is 89.0 Å². The van der Waals surface area contributed by atoms with E-state index in [1.54, 1.807) is 9.58 Å². The first-order chi connectivity index (χ1) is 36.2. The van der Waals surface area contributed by atoms with Crippen LogP contribution in [0.5, 0.6) is 0 Å². The van der Waals surface area contributed by atoms with Gasteiger partial charge < -0.3 is 15.7 Å². The number of nitrogens with one attached hydrogen (secondary N) is 3. The van der Waals surface area contributed by atoms with Crippen molar-refractivity contribution < 1.29 is 63.4 Å². The topological polar surface area (TPSA) is 192 Å². The van der Waals surface area contributed by atoms with Crippen molar-refractivity contribution in [2.24, 2.45) is 0 Å². The Hall–Kier alpha value is -6.44. The van der Waals surface area contributed by atoms with E-state index in [1.807, 2.05) is 0 Å². The van der Waals surface area contributed by atoms with E-state index in [-0.39, 0.29) is 91.6 Å². The number of nitrogens with zero attached hydrogens (tertiary/aromatic N) is 9. The van der Waals surface area contributed by atoms with Gasteiger partial charge in [0.1, 0.15) is 30.5 Å². The standard InChI is InChI=1S/C25H29F5N8O.C25H29F5N4O3/c26-19-13-37(14-20(19)27)10-9-15(11-23-32-35-36-33-23)31-24(39)21-12-22(38(34-21)16-5-1-2-6-16)17-7-3-4-8-18(17)25(28,29)30;26-19-13-33(14-20(19)27)10-9-15(11-23(35)36)31-24(37)21-12-22(34(32-21)16-5-1-2-6-16)17-7-3-4-8-18(17)25(28,29)30/h3-4,7-8,12,15-16,19-20H,1-2,5-6,9-11,13-14H2,(H,31,39)(H,32,33,35,36);3-4,7-8,12,15-16,19-20H,1-2,5-6,9-11,13-14H2,(H,31,37)(H,35,36)/t2*15?,19-,20-/m00/s1. The highest BCUT2D eigenvalue weighted by molar-refractivity contribution is 5.94. The van der Waals surface area contributed by atoms with Gasteiger partial charge in [-0.25, -0.2) is 22.7 Å². The first-order valence-electron chi connectivity index (χ1n) is 25.3. The van der Waals surface area contributed by atoms with E-state index in [1.165, 1.54) is 58.1 Å². The molecule has 412 valence electrons. The van der Waals surface area contributed by atoms with Crippen LogP contribution in [0.2, 0.25) is 0 Å². The number of aromatic amines is 1. The van der Waals surface area contributed by atoms with Gasteiger partial charge in [-0.1, -0.05) is 62.1 Å². The molecule has 5 heterocycles. The van der Waals surface area contributed by atoms with Crippen LogP contribution in [0.3, 0.4) is 0 Å². The normalized spacial score (nSPS) is 21.7. The summed E-state index contributed by atoms with van der Waals surface area (Å²) in [6, 6.07) is 11.4. The number of halogens is 10. The molecule has 5 aromatic rings. The summed E-state index contributed by atoms with van der Waals surface area (Å²) >= 11 is 0. The number of carboxylic acid groups (broad SMARTS) is 1. The van der Waals surface area contributed by atoms with Crippen molar-refractivity contribution in [3.63, 3.8) is 0 Å². The molecule has 6 atom stereocenters. The van der Waals surface area contributed by atoms with Crippen LogP contribution in [0.15, 0.2) is 60.7 Å². The van der Waals surface area contributed by atoms with E-state index in [0.29, 0.717) is 31.6 Å². The van der Waals surface area contributed by atoms with E-state index in [4.69, 9.17) is 0 Å². The molecule has 2 saturated carbocycles. The number of carboxylic acids is 1. The van der Waals surface area contributed by atoms with Gasteiger partial charge in [0.05, 0.1) is 41.0 Å². The number of amides is 2. The molecule has 0 bridgehead atoms. The Kier molecular flexibility index (Phi) is 17.8. The van der Waals surface area contributed by atoms with E-state index >= 15 is 0 Å². The number of H-pyrrole nitrogens is 1. The molecule has 0 radical (unpaired) electrons. The molecule has 4 aliphatic rings. The lowest BCUT2D eigenvalue weighted by Gasteiger charge is -2.21. The van der Waals surface area contributed by atoms with E-state index in [0.717, 1.165) is 50.7 Å². The van der Waals surface area contributed by atoms with Crippen LogP contribution < -0.4 is 10.6 Å². The summed E-state index contributed by atoms with van der Waals surface area (Å²) in [4.78, 5) is 41.0. The fraction of sp³-hybridized carbons (Fsp3) is 0.560. The number of rotatable bonds is 18. The molecule has 3 aromatic heterocycles. The predicted octanol–water partition coefficient (Wildman–Crippen LogP) is 8.56. The molecule has 2 saturated heterocycles. The number of tetrazole rings is 1. The van der Waals surface area contributed by atoms with Gasteiger partial charge in [-0.2, -0.15) is 36.5 Å². The van der Waals surface area contributed by atoms with Crippen LogP contribution >= 0.6 is 0 Å². The number of hydrogen-bond acceptors (Lipinski definition) is 10. The molecule has 2 aliphatic heterocycles. The predicted molar refractivity (Wildman–Crippen MR) is 255 cm³/mol. The Labute approximate surface area is 429 Å². The molecule has 2 unspecified atom stereocenters. The molecule has 4 N–H and O–H groups in total. The van der Waals surface area contributed by atoms with Gasteiger partial charge in [0, 0.05) is 68.9 Å². The van der Waals surface area contributed by atoms with Gasteiger partial charge in [0.25, 0.3) is 11.8 Å². The minimum atomic E-state index is -4.61. The Balaban J connectivity index is 0.000000202. The fourth-order valence-corrected chi connectivity index (χ4v) is 10.5. The van der Waals surface area contributed by atoms with Gasteiger partial charge >= 0.3 is 18.3 Å². The maximum atomic E-state index is 13.8. The zero-order valence-electron chi connectivity index (χ0n) is 41.1. The summed E-state index contributed by atoms with van der Waals surface area (Å²) in [5, 5.41) is 37.2. The monoisotopic (exact) mass is 1080 g/mol. The summed E-state index contributed by atoms with van der Waals surface area (Å²) in [5.74, 6) is -2.05. The van der Waals surface area contributed by atoms with E-state index < -0.39 is 84.5 Å². The minimum absolute atomic E-state index is 0.0108. The maximum absolute atomic E-state index is 13.8. The Bertz CT molecular complexity index is 2720. The Morgan fingerprint density at radius 2 is 1.04 bits per heavy atom. The minimum Gasteiger partial charge on any atom is -0.481 e. The molecule has 2 aliphatic carbocycles. The number of alkyl halides is 10. The third-order valence-electron chi connectivity index (χ3n) is 14.3. The lowest BCUT2D eigenvalue weighted by atomic mass is 10.0. The molecule has 2 aromatic carbocycles. The van der Waals surface area contributed by atoms with E-state index in [9.17, 15) is 63.4 Å². The zero-order chi connectivity index (χ0) is 54.3. The van der Waals surface area contributed by atoms with Gasteiger partial charge in [-0.3, -0.25) is 33.5 Å². The number of carbonyl (C=O) groups excluding carboxylic acids is 2. The molecule has 2 amide bonds. The first kappa shape index (κ1) is 55.8. The molecule has 16 nitrogen and oxygen atoms in total. The summed E-state index contributed by atoms with van der Waals surface area (Å²) in [6.07, 6.45) is -8.64. The van der Waals surface area contributed by atoms with Crippen molar-refractivity contribution in [2.45, 2.75) is 138 Å². The van der Waals surface area contributed by atoms with Crippen molar-refractivity contribution in [3.8, 4) is 22.5 Å². The van der Waals surface area contributed by atoms with Crippen LogP contribution in [0.4, 0.5) is 43.9 Å². The number of aliphatic carboxylic acids is 1. The number of likely N-dealkylation sites (tertiary alicyclic amines) is 2. The molecular formula is C50H58F10N12O4. The molecule has 0 spiro atoms. The number of aromatic nitrogens is 8. The van der Waals surface area contributed by atoms with Crippen LogP contribution in [-0.4, -0.2) is 149 Å². The molecule has 76 heavy (non-hydrogen) atoms. The smallest absolute Gasteiger partial charge is 0.417 e. The highest BCUT2D eigenvalue weighted by atomic mass is 19.4. The van der Waals surface area contributed by atoms with Crippen LogP contribution in [-0.2, 0) is 23.6 Å². The quantitative estimate of drug-likeness (QED) is 0.0615. The average molecular weight is 1080 g/mol. The summed E-state index contributed by atoms with van der Waals surface area (Å²) < 4.78 is 140. The number of hydrogen-bond donors (Lipinski definition) is 4. The summed E-state index contributed by atoms with van der Waals surface area (Å²) in [5.41, 5.74) is -1.50. The van der Waals surface area contributed by atoms with Gasteiger partial charge in [-0.05, 0) is 73.2 Å². The maximum Gasteiger partial charge on any atom is 0.417 e. The average Bonchev–Trinajstić information content (AvgIpc) is 4.24. The Morgan fingerprint density at radius 1 is 0.632 bits per heavy atom. The van der Waals surface area contributed by atoms with Gasteiger partial charge in [0.15, 0.2) is 11.4 Å². The second-order valence-electron chi connectivity index (χ2n) is 19.8. The number of benzene rings is 2. The van der Waals surface area contributed by atoms with Crippen LogP contribution in [0.1, 0.15) is 121 Å². The molecule has 26 heteroatoms. The summed E-state index contributed by atoms with van der Waals surface area (Å²) in [7, 11) is 0. The van der Waals surface area contributed by atoms with Crippen molar-refractivity contribution >= 4 is 17.8 Å². The highest BCUT2D eigenvalue weighted by Crippen LogP contribution is 2.42. The first-order valence-corrected chi connectivity index (χ1v) is 25.3. The van der Waals surface area contributed by atoms with Gasteiger partial charge in [-0.15, -0.1) is 5.10 Å². The molecular weight excluding hydrogens is 1020 g/mol. The lowest BCUT2D eigenvalue weighted by molar-refractivity contribution is -0.138. The van der Waals surface area contributed by atoms with Crippen molar-refractivity contribution in [1.29, 1.82) is 0 Å². The van der Waals surface area contributed by atoms with E-state index in [2.05, 4.69) is 41.5 Å². The SMILES string of the molecule is O=C(NC(CCN1C[C@H](F)[C@@H](F)C1)Cc1nnn[nH]1)c1cc(-c2ccccc2C(F)(F)F)n(C2CCCC2)n1.O=C(O)CC(CCN1C[C@H](F)[C@@H](F)C1)NC(=O)c1cc(-c2ccccc2C(F)(F)F)n(C2CCCC2)n1. The second-order valence-corrected chi connectivity index (χ2v) is 19.8. The van der Waals surface area contributed by atoms with Crippen LogP contribution in [0, 0.1) is 0 Å². The third kappa shape index (κ3) is 13.9. The Morgan fingerprint density at radius 3 is 1.43 bits per heavy atom. The number of carbonyl (C=O) groups is 3. The van der Waals surface area contributed by atoms with Crippen molar-refractivity contribution in [1.82, 2.24) is 60.6 Å². The fourth-order valence-electron chi connectivity index (χ4n) is 10.5. The second kappa shape index (κ2) is 24.3. The summed E-state index contributed by atoms with van der Waals surface area (Å²) in [6.45, 7) is 0.234. The zero-order valence-corrected chi connectivity index (χ0v) is 41.1. The molecule has 9 rings (SSSR count). The molecule has 4 fully saturated rings. The third-order valence-corrected chi connectivity index (χ3v) is 14.3. The van der Waals surface area contributed by atoms with Gasteiger partial charge in [0.2, 0.25) is 0 Å².